The summed E-state index contributed by atoms with van der Waals surface area (Å²) < 4.78 is 0. The lowest BCUT2D eigenvalue weighted by Gasteiger charge is -2.04. The lowest BCUT2D eigenvalue weighted by Crippen LogP contribution is -2.07. The number of nitrogens with zero attached hydrogens (tertiary/aromatic N) is 2. The molecule has 0 radical (unpaired) electrons. The Bertz CT molecular complexity index is 786. The third-order valence-electron chi connectivity index (χ3n) is 3.04. The van der Waals surface area contributed by atoms with E-state index in [1.165, 1.54) is 6.20 Å². The molecule has 0 atom stereocenters. The van der Waals surface area contributed by atoms with Crippen LogP contribution in [-0.2, 0) is 6.42 Å². The number of para-hydroxylation sites is 2. The topological polar surface area (TPSA) is 42.9 Å². The van der Waals surface area contributed by atoms with Crippen molar-refractivity contribution >= 4 is 28.4 Å². The monoisotopic (exact) mass is 282 g/mol. The van der Waals surface area contributed by atoms with Gasteiger partial charge in [0.1, 0.15) is 5.69 Å². The van der Waals surface area contributed by atoms with Gasteiger partial charge in [0.2, 0.25) is 0 Å². The molecular formula is C16H11ClN2O. The zero-order chi connectivity index (χ0) is 13.9. The van der Waals surface area contributed by atoms with E-state index >= 15 is 0 Å². The minimum absolute atomic E-state index is 0.0867. The molecule has 20 heavy (non-hydrogen) atoms. The number of hydrogen-bond acceptors (Lipinski definition) is 3. The summed E-state index contributed by atoms with van der Waals surface area (Å²) in [5, 5.41) is 0.592. The molecular weight excluding hydrogens is 272 g/mol. The van der Waals surface area contributed by atoms with Crippen LogP contribution in [0.25, 0.3) is 11.0 Å². The van der Waals surface area contributed by atoms with Crippen molar-refractivity contribution in [3.8, 4) is 0 Å². The lowest BCUT2D eigenvalue weighted by atomic mass is 10.1. The fraction of sp³-hybridized carbons (Fsp3) is 0.0625. The lowest BCUT2D eigenvalue weighted by molar-refractivity contribution is 0.0988. The van der Waals surface area contributed by atoms with Gasteiger partial charge in [0.05, 0.1) is 17.2 Å². The van der Waals surface area contributed by atoms with Crippen molar-refractivity contribution in [3.05, 3.63) is 71.0 Å². The van der Waals surface area contributed by atoms with Crippen LogP contribution < -0.4 is 0 Å². The minimum atomic E-state index is -0.0867. The van der Waals surface area contributed by atoms with Crippen molar-refractivity contribution in [1.29, 1.82) is 0 Å². The summed E-state index contributed by atoms with van der Waals surface area (Å²) in [6, 6.07) is 14.8. The van der Waals surface area contributed by atoms with E-state index in [0.717, 1.165) is 16.6 Å². The van der Waals surface area contributed by atoms with Gasteiger partial charge in [-0.25, -0.2) is 4.98 Å². The molecule has 0 saturated heterocycles. The number of carbonyl (C=O) groups is 1. The van der Waals surface area contributed by atoms with Gasteiger partial charge in [0.15, 0.2) is 5.78 Å². The van der Waals surface area contributed by atoms with Gasteiger partial charge in [-0.05, 0) is 23.8 Å². The van der Waals surface area contributed by atoms with Gasteiger partial charge >= 0.3 is 0 Å². The Morgan fingerprint density at radius 3 is 2.50 bits per heavy atom. The second-order valence-electron chi connectivity index (χ2n) is 4.44. The van der Waals surface area contributed by atoms with Crippen LogP contribution in [-0.4, -0.2) is 15.8 Å². The summed E-state index contributed by atoms with van der Waals surface area (Å²) in [6.07, 6.45) is 1.74. The molecule has 3 aromatic rings. The Balaban J connectivity index is 1.91. The summed E-state index contributed by atoms with van der Waals surface area (Å²) in [7, 11) is 0. The largest absolute Gasteiger partial charge is 0.292 e. The van der Waals surface area contributed by atoms with Gasteiger partial charge < -0.3 is 0 Å². The number of Topliss-reactive ketones (excluding diaryl/α,β-unsaturated/α-hetero) is 1. The Hall–Kier alpha value is -2.26. The summed E-state index contributed by atoms with van der Waals surface area (Å²) in [5.41, 5.74) is 2.66. The van der Waals surface area contributed by atoms with E-state index in [0.29, 0.717) is 10.7 Å². The summed E-state index contributed by atoms with van der Waals surface area (Å²) >= 11 is 6.06. The van der Waals surface area contributed by atoms with Crippen molar-refractivity contribution < 1.29 is 4.79 Å². The van der Waals surface area contributed by atoms with E-state index in [-0.39, 0.29) is 12.2 Å². The van der Waals surface area contributed by atoms with Crippen LogP contribution in [0.15, 0.2) is 54.7 Å². The fourth-order valence-corrected chi connectivity index (χ4v) is 2.20. The number of aromatic nitrogens is 2. The van der Waals surface area contributed by atoms with Crippen LogP contribution in [0.4, 0.5) is 0 Å². The molecule has 0 aliphatic rings. The third kappa shape index (κ3) is 2.53. The Morgan fingerprint density at radius 1 is 1.00 bits per heavy atom. The third-order valence-corrected chi connectivity index (χ3v) is 3.41. The van der Waals surface area contributed by atoms with Gasteiger partial charge in [-0.2, -0.15) is 0 Å². The normalized spacial score (nSPS) is 10.7. The molecule has 0 saturated carbocycles. The quantitative estimate of drug-likeness (QED) is 0.688. The number of benzene rings is 2. The molecule has 2 aromatic carbocycles. The van der Waals surface area contributed by atoms with E-state index in [1.807, 2.05) is 42.5 Å². The molecule has 0 N–H and O–H groups in total. The van der Waals surface area contributed by atoms with Crippen LogP contribution in [0.5, 0.6) is 0 Å². The molecule has 0 bridgehead atoms. The van der Waals surface area contributed by atoms with Gasteiger partial charge in [0.25, 0.3) is 0 Å². The standard InChI is InChI=1S/C16H11ClN2O/c17-12-6-2-1-5-11(12)9-16(20)15-10-18-13-7-3-4-8-14(13)19-15/h1-8,10H,9H2. The predicted octanol–water partition coefficient (Wildman–Crippen LogP) is 3.71. The van der Waals surface area contributed by atoms with E-state index in [2.05, 4.69) is 9.97 Å². The summed E-state index contributed by atoms with van der Waals surface area (Å²) in [4.78, 5) is 20.8. The van der Waals surface area contributed by atoms with Crippen LogP contribution in [0.1, 0.15) is 16.1 Å². The molecule has 0 amide bonds. The maximum Gasteiger partial charge on any atom is 0.187 e. The highest BCUT2D eigenvalue weighted by Gasteiger charge is 2.11. The summed E-state index contributed by atoms with van der Waals surface area (Å²) in [6.45, 7) is 0. The molecule has 98 valence electrons. The van der Waals surface area contributed by atoms with Crippen LogP contribution in [0, 0.1) is 0 Å². The number of halogens is 1. The molecule has 0 fully saturated rings. The van der Waals surface area contributed by atoms with Crippen molar-refractivity contribution in [2.45, 2.75) is 6.42 Å². The Labute approximate surface area is 121 Å². The maximum atomic E-state index is 12.2. The zero-order valence-corrected chi connectivity index (χ0v) is 11.3. The van der Waals surface area contributed by atoms with Crippen LogP contribution >= 0.6 is 11.6 Å². The molecule has 1 aromatic heterocycles. The first-order valence-corrected chi connectivity index (χ1v) is 6.60. The molecule has 3 rings (SSSR count). The maximum absolute atomic E-state index is 12.2. The number of rotatable bonds is 3. The highest BCUT2D eigenvalue weighted by Crippen LogP contribution is 2.17. The second-order valence-corrected chi connectivity index (χ2v) is 4.84. The first kappa shape index (κ1) is 12.8. The molecule has 1 heterocycles. The Kier molecular flexibility index (Phi) is 3.44. The van der Waals surface area contributed by atoms with Crippen LogP contribution in [0.3, 0.4) is 0 Å². The smallest absolute Gasteiger partial charge is 0.187 e. The van der Waals surface area contributed by atoms with E-state index in [9.17, 15) is 4.79 Å². The van der Waals surface area contributed by atoms with Gasteiger partial charge in [-0.15, -0.1) is 0 Å². The highest BCUT2D eigenvalue weighted by atomic mass is 35.5. The molecule has 3 nitrogen and oxygen atoms in total. The highest BCUT2D eigenvalue weighted by molar-refractivity contribution is 6.31. The average molecular weight is 283 g/mol. The second kappa shape index (κ2) is 5.39. The molecule has 0 aliphatic carbocycles. The Morgan fingerprint density at radius 2 is 1.70 bits per heavy atom. The van der Waals surface area contributed by atoms with E-state index in [4.69, 9.17) is 11.6 Å². The van der Waals surface area contributed by atoms with Crippen molar-refractivity contribution in [3.63, 3.8) is 0 Å². The predicted molar refractivity (Wildman–Crippen MR) is 79.0 cm³/mol. The minimum Gasteiger partial charge on any atom is -0.292 e. The van der Waals surface area contributed by atoms with Gasteiger partial charge in [0, 0.05) is 11.4 Å². The number of hydrogen-bond donors (Lipinski definition) is 0. The van der Waals surface area contributed by atoms with Crippen molar-refractivity contribution in [2.75, 3.05) is 0 Å². The molecule has 0 spiro atoms. The van der Waals surface area contributed by atoms with Crippen LogP contribution in [0.2, 0.25) is 5.02 Å². The van der Waals surface area contributed by atoms with Crippen molar-refractivity contribution in [2.24, 2.45) is 0 Å². The first-order valence-electron chi connectivity index (χ1n) is 6.22. The number of fused-ring (bicyclic) bond motifs is 1. The fourth-order valence-electron chi connectivity index (χ4n) is 2.00. The number of ketones is 1. The van der Waals surface area contributed by atoms with Gasteiger partial charge in [-0.1, -0.05) is 41.9 Å². The van der Waals surface area contributed by atoms with E-state index < -0.39 is 0 Å². The average Bonchev–Trinajstić information content (AvgIpc) is 2.49. The van der Waals surface area contributed by atoms with Crippen molar-refractivity contribution in [1.82, 2.24) is 9.97 Å². The zero-order valence-electron chi connectivity index (χ0n) is 10.6. The molecule has 4 heteroatoms. The van der Waals surface area contributed by atoms with Gasteiger partial charge in [-0.3, -0.25) is 9.78 Å². The SMILES string of the molecule is O=C(Cc1ccccc1Cl)c1cnc2ccccc2n1. The molecule has 0 unspecified atom stereocenters. The first-order chi connectivity index (χ1) is 9.74. The van der Waals surface area contributed by atoms with E-state index in [1.54, 1.807) is 6.07 Å². The summed E-state index contributed by atoms with van der Waals surface area (Å²) in [5.74, 6) is -0.0867. The molecule has 0 aliphatic heterocycles. The number of carbonyl (C=O) groups excluding carboxylic acids is 1.